The second kappa shape index (κ2) is 4.11. The number of halogens is 2. The Labute approximate surface area is 99.6 Å². The van der Waals surface area contributed by atoms with Gasteiger partial charge in [0.05, 0.1) is 5.02 Å². The predicted octanol–water partition coefficient (Wildman–Crippen LogP) is 2.74. The standard InChI is InChI=1S/C9H4Cl2N2O3/c10-5-1-4(2-12-8(5)11)7-6(9(14)15)13-3-16-7/h1-3H,(H,14,15). The lowest BCUT2D eigenvalue weighted by Gasteiger charge is -1.99. The summed E-state index contributed by atoms with van der Waals surface area (Å²) in [5.74, 6) is -1.09. The predicted molar refractivity (Wildman–Crippen MR) is 56.7 cm³/mol. The summed E-state index contributed by atoms with van der Waals surface area (Å²) >= 11 is 11.4. The molecule has 0 amide bonds. The van der Waals surface area contributed by atoms with Crippen LogP contribution in [0.3, 0.4) is 0 Å². The highest BCUT2D eigenvalue weighted by atomic mass is 35.5. The van der Waals surface area contributed by atoms with E-state index in [1.807, 2.05) is 0 Å². The summed E-state index contributed by atoms with van der Waals surface area (Å²) in [6.07, 6.45) is 2.41. The minimum atomic E-state index is -1.19. The maximum Gasteiger partial charge on any atom is 0.358 e. The lowest BCUT2D eigenvalue weighted by Crippen LogP contribution is -1.98. The topological polar surface area (TPSA) is 76.2 Å². The SMILES string of the molecule is O=C(O)c1ncoc1-c1cnc(Cl)c(Cl)c1. The summed E-state index contributed by atoms with van der Waals surface area (Å²) in [5, 5.41) is 9.19. The number of pyridine rings is 1. The van der Waals surface area contributed by atoms with Crippen LogP contribution in [0.2, 0.25) is 10.2 Å². The van der Waals surface area contributed by atoms with E-state index >= 15 is 0 Å². The zero-order valence-electron chi connectivity index (χ0n) is 7.65. The summed E-state index contributed by atoms with van der Waals surface area (Å²) in [6, 6.07) is 1.46. The third kappa shape index (κ3) is 1.87. The molecule has 0 aliphatic rings. The van der Waals surface area contributed by atoms with Gasteiger partial charge >= 0.3 is 5.97 Å². The molecule has 2 aromatic heterocycles. The molecule has 82 valence electrons. The Morgan fingerprint density at radius 2 is 2.12 bits per heavy atom. The van der Waals surface area contributed by atoms with E-state index in [0.717, 1.165) is 6.39 Å². The monoisotopic (exact) mass is 258 g/mol. The molecule has 5 nitrogen and oxygen atoms in total. The number of carboxylic acids is 1. The molecule has 2 rings (SSSR count). The number of aromatic carboxylic acids is 1. The first-order chi connectivity index (χ1) is 7.59. The van der Waals surface area contributed by atoms with Gasteiger partial charge in [-0.15, -0.1) is 0 Å². The zero-order valence-corrected chi connectivity index (χ0v) is 9.16. The van der Waals surface area contributed by atoms with E-state index in [9.17, 15) is 4.79 Å². The molecule has 2 aromatic rings. The first-order valence-electron chi connectivity index (χ1n) is 4.08. The molecule has 0 aliphatic carbocycles. The van der Waals surface area contributed by atoms with Crippen molar-refractivity contribution in [3.63, 3.8) is 0 Å². The maximum absolute atomic E-state index is 10.8. The van der Waals surface area contributed by atoms with Crippen LogP contribution in [0, 0.1) is 0 Å². The third-order valence-corrected chi connectivity index (χ3v) is 2.51. The van der Waals surface area contributed by atoms with E-state index in [-0.39, 0.29) is 21.6 Å². The molecule has 2 heterocycles. The number of carboxylic acid groups (broad SMARTS) is 1. The Bertz CT molecular complexity index is 553. The van der Waals surface area contributed by atoms with Crippen molar-refractivity contribution in [3.05, 3.63) is 34.5 Å². The Kier molecular flexibility index (Phi) is 2.80. The molecule has 7 heteroatoms. The molecule has 0 bridgehead atoms. The van der Waals surface area contributed by atoms with Crippen LogP contribution in [0.1, 0.15) is 10.5 Å². The Balaban J connectivity index is 2.54. The van der Waals surface area contributed by atoms with Gasteiger partial charge in [0.25, 0.3) is 0 Å². The lowest BCUT2D eigenvalue weighted by molar-refractivity contribution is 0.0691. The highest BCUT2D eigenvalue weighted by molar-refractivity contribution is 6.41. The summed E-state index contributed by atoms with van der Waals surface area (Å²) in [6.45, 7) is 0. The van der Waals surface area contributed by atoms with Gasteiger partial charge in [-0.3, -0.25) is 0 Å². The Morgan fingerprint density at radius 1 is 1.38 bits per heavy atom. The smallest absolute Gasteiger partial charge is 0.358 e. The van der Waals surface area contributed by atoms with Gasteiger partial charge in [-0.2, -0.15) is 0 Å². The van der Waals surface area contributed by atoms with E-state index < -0.39 is 5.97 Å². The highest BCUT2D eigenvalue weighted by Crippen LogP contribution is 2.28. The molecule has 0 radical (unpaired) electrons. The van der Waals surface area contributed by atoms with E-state index in [0.29, 0.717) is 5.56 Å². The second-order valence-electron chi connectivity index (χ2n) is 2.83. The Hall–Kier alpha value is -1.59. The molecule has 0 saturated heterocycles. The highest BCUT2D eigenvalue weighted by Gasteiger charge is 2.18. The Morgan fingerprint density at radius 3 is 2.75 bits per heavy atom. The van der Waals surface area contributed by atoms with Crippen molar-refractivity contribution in [1.82, 2.24) is 9.97 Å². The molecule has 0 fully saturated rings. The molecular weight excluding hydrogens is 255 g/mol. The molecule has 16 heavy (non-hydrogen) atoms. The van der Waals surface area contributed by atoms with Gasteiger partial charge in [0.2, 0.25) is 0 Å². The van der Waals surface area contributed by atoms with Crippen LogP contribution in [-0.2, 0) is 0 Å². The van der Waals surface area contributed by atoms with Crippen molar-refractivity contribution in [3.8, 4) is 11.3 Å². The number of carbonyl (C=O) groups is 1. The minimum Gasteiger partial charge on any atom is -0.476 e. The van der Waals surface area contributed by atoms with Crippen LogP contribution in [0.25, 0.3) is 11.3 Å². The number of hydrogen-bond donors (Lipinski definition) is 1. The van der Waals surface area contributed by atoms with Crippen molar-refractivity contribution >= 4 is 29.2 Å². The molecule has 0 unspecified atom stereocenters. The first kappa shape index (κ1) is 10.9. The number of nitrogens with zero attached hydrogens (tertiary/aromatic N) is 2. The summed E-state index contributed by atoms with van der Waals surface area (Å²) in [4.78, 5) is 18.2. The van der Waals surface area contributed by atoms with Crippen LogP contribution >= 0.6 is 23.2 Å². The van der Waals surface area contributed by atoms with Gasteiger partial charge in [0, 0.05) is 11.8 Å². The van der Waals surface area contributed by atoms with Crippen molar-refractivity contribution in [2.24, 2.45) is 0 Å². The minimum absolute atomic E-state index is 0.0959. The number of oxazole rings is 1. The summed E-state index contributed by atoms with van der Waals surface area (Å²) in [5.41, 5.74) is 0.212. The van der Waals surface area contributed by atoms with E-state index in [1.54, 1.807) is 0 Å². The fraction of sp³-hybridized carbons (Fsp3) is 0. The van der Waals surface area contributed by atoms with Gasteiger partial charge in [-0.05, 0) is 6.07 Å². The van der Waals surface area contributed by atoms with Crippen molar-refractivity contribution < 1.29 is 14.3 Å². The van der Waals surface area contributed by atoms with Crippen LogP contribution in [0.4, 0.5) is 0 Å². The van der Waals surface area contributed by atoms with Gasteiger partial charge in [0.1, 0.15) is 5.15 Å². The molecule has 0 atom stereocenters. The quantitative estimate of drug-likeness (QED) is 0.839. The third-order valence-electron chi connectivity index (χ3n) is 1.83. The largest absolute Gasteiger partial charge is 0.476 e. The van der Waals surface area contributed by atoms with Crippen molar-refractivity contribution in [2.75, 3.05) is 0 Å². The molecule has 1 N–H and O–H groups in total. The van der Waals surface area contributed by atoms with E-state index in [4.69, 9.17) is 32.7 Å². The normalized spacial score (nSPS) is 10.4. The van der Waals surface area contributed by atoms with Crippen LogP contribution in [0.15, 0.2) is 23.1 Å². The fourth-order valence-electron chi connectivity index (χ4n) is 1.15. The van der Waals surface area contributed by atoms with E-state index in [2.05, 4.69) is 9.97 Å². The number of aromatic nitrogens is 2. The summed E-state index contributed by atoms with van der Waals surface area (Å²) in [7, 11) is 0. The number of hydrogen-bond acceptors (Lipinski definition) is 4. The van der Waals surface area contributed by atoms with E-state index in [1.165, 1.54) is 12.3 Å². The fourth-order valence-corrected chi connectivity index (χ4v) is 1.42. The average molecular weight is 259 g/mol. The molecule has 0 aromatic carbocycles. The molecule has 0 saturated carbocycles. The van der Waals surface area contributed by atoms with Gasteiger partial charge < -0.3 is 9.52 Å². The number of rotatable bonds is 2. The second-order valence-corrected chi connectivity index (χ2v) is 3.60. The maximum atomic E-state index is 10.8. The van der Waals surface area contributed by atoms with Crippen LogP contribution in [0.5, 0.6) is 0 Å². The first-order valence-corrected chi connectivity index (χ1v) is 4.83. The van der Waals surface area contributed by atoms with Crippen molar-refractivity contribution in [1.29, 1.82) is 0 Å². The molecular formula is C9H4Cl2N2O3. The van der Waals surface area contributed by atoms with Gasteiger partial charge in [-0.25, -0.2) is 14.8 Å². The van der Waals surface area contributed by atoms with Gasteiger partial charge in [0.15, 0.2) is 17.8 Å². The average Bonchev–Trinajstić information content (AvgIpc) is 2.71. The molecule has 0 aliphatic heterocycles. The van der Waals surface area contributed by atoms with Gasteiger partial charge in [-0.1, -0.05) is 23.2 Å². The van der Waals surface area contributed by atoms with Crippen LogP contribution in [-0.4, -0.2) is 21.0 Å². The lowest BCUT2D eigenvalue weighted by atomic mass is 10.2. The zero-order chi connectivity index (χ0) is 11.7. The molecule has 0 spiro atoms. The van der Waals surface area contributed by atoms with Crippen molar-refractivity contribution in [2.45, 2.75) is 0 Å². The van der Waals surface area contributed by atoms with Crippen LogP contribution < -0.4 is 0 Å². The summed E-state index contributed by atoms with van der Waals surface area (Å²) < 4.78 is 4.97.